The average Bonchev–Trinajstić information content (AvgIpc) is 2.08. The molecule has 0 aliphatic carbocycles. The van der Waals surface area contributed by atoms with Gasteiger partial charge in [0, 0.05) is 13.2 Å². The van der Waals surface area contributed by atoms with E-state index < -0.39 is 10.1 Å². The van der Waals surface area contributed by atoms with Gasteiger partial charge in [-0.15, -0.1) is 0 Å². The van der Waals surface area contributed by atoms with E-state index >= 15 is 0 Å². The van der Waals surface area contributed by atoms with Gasteiger partial charge < -0.3 is 0 Å². The van der Waals surface area contributed by atoms with Crippen LogP contribution in [0.1, 0.15) is 5.69 Å². The van der Waals surface area contributed by atoms with E-state index in [4.69, 9.17) is 4.55 Å². The van der Waals surface area contributed by atoms with Gasteiger partial charge in [0.25, 0.3) is 10.1 Å². The fourth-order valence-corrected chi connectivity index (χ4v) is 1.53. The first-order chi connectivity index (χ1) is 4.91. The van der Waals surface area contributed by atoms with E-state index in [0.29, 0.717) is 5.69 Å². The molecule has 0 saturated heterocycles. The highest BCUT2D eigenvalue weighted by molar-refractivity contribution is 7.85. The molecule has 0 amide bonds. The first kappa shape index (κ1) is 8.22. The minimum Gasteiger partial charge on any atom is -0.282 e. The Morgan fingerprint density at radius 2 is 2.18 bits per heavy atom. The van der Waals surface area contributed by atoms with Crippen molar-refractivity contribution in [1.29, 1.82) is 0 Å². The van der Waals surface area contributed by atoms with E-state index in [9.17, 15) is 8.42 Å². The lowest BCUT2D eigenvalue weighted by Crippen LogP contribution is -1.97. The molecule has 11 heavy (non-hydrogen) atoms. The van der Waals surface area contributed by atoms with Gasteiger partial charge in [-0.3, -0.25) is 9.23 Å². The highest BCUT2D eigenvalue weighted by atomic mass is 32.2. The summed E-state index contributed by atoms with van der Waals surface area (Å²) < 4.78 is 31.1. The van der Waals surface area contributed by atoms with Gasteiger partial charge in [-0.25, -0.2) is 0 Å². The molecule has 0 bridgehead atoms. The molecule has 1 aromatic heterocycles. The maximum atomic E-state index is 10.6. The summed E-state index contributed by atoms with van der Waals surface area (Å²) in [7, 11) is -2.51. The largest absolute Gasteiger partial charge is 0.297 e. The van der Waals surface area contributed by atoms with Crippen LogP contribution in [-0.4, -0.2) is 22.8 Å². The van der Waals surface area contributed by atoms with E-state index in [0.717, 1.165) is 0 Å². The summed E-state index contributed by atoms with van der Waals surface area (Å²) in [4.78, 5) is -0.139. The fraction of sp³-hybridized carbons (Fsp3) is 0.400. The smallest absolute Gasteiger partial charge is 0.282 e. The molecule has 1 heterocycles. The minimum absolute atomic E-state index is 0.139. The highest BCUT2D eigenvalue weighted by Crippen LogP contribution is 2.10. The summed E-state index contributed by atoms with van der Waals surface area (Å²) in [5, 5.41) is 3.76. The second kappa shape index (κ2) is 2.31. The molecule has 6 heteroatoms. The fourth-order valence-electron chi connectivity index (χ4n) is 0.831. The normalized spacial score (nSPS) is 11.9. The predicted molar refractivity (Wildman–Crippen MR) is 37.8 cm³/mol. The van der Waals surface area contributed by atoms with Crippen LogP contribution in [0, 0.1) is 6.92 Å². The number of aryl methyl sites for hydroxylation is 2. The van der Waals surface area contributed by atoms with E-state index in [-0.39, 0.29) is 4.90 Å². The lowest BCUT2D eigenvalue weighted by atomic mass is 10.5. The maximum Gasteiger partial charge on any atom is 0.297 e. The second-order valence-corrected chi connectivity index (χ2v) is 3.62. The summed E-state index contributed by atoms with van der Waals surface area (Å²) in [6.45, 7) is 1.52. The van der Waals surface area contributed by atoms with Crippen LogP contribution in [0.4, 0.5) is 0 Å². The molecule has 1 rings (SSSR count). The Labute approximate surface area is 64.4 Å². The zero-order valence-electron chi connectivity index (χ0n) is 6.14. The molecule has 0 aliphatic heterocycles. The Balaban J connectivity index is 3.36. The molecule has 0 atom stereocenters. The second-order valence-electron chi connectivity index (χ2n) is 2.23. The molecular formula is C5H8N2O3S. The quantitative estimate of drug-likeness (QED) is 0.610. The van der Waals surface area contributed by atoms with Gasteiger partial charge >= 0.3 is 0 Å². The lowest BCUT2D eigenvalue weighted by Gasteiger charge is -1.89. The molecule has 0 unspecified atom stereocenters. The van der Waals surface area contributed by atoms with Crippen molar-refractivity contribution in [3.63, 3.8) is 0 Å². The molecule has 0 spiro atoms. The Morgan fingerprint density at radius 3 is 2.36 bits per heavy atom. The zero-order valence-corrected chi connectivity index (χ0v) is 6.96. The van der Waals surface area contributed by atoms with Crippen molar-refractivity contribution < 1.29 is 13.0 Å². The zero-order chi connectivity index (χ0) is 8.65. The van der Waals surface area contributed by atoms with E-state index in [1.807, 2.05) is 0 Å². The highest BCUT2D eigenvalue weighted by Gasteiger charge is 2.15. The molecule has 5 nitrogen and oxygen atoms in total. The molecule has 0 saturated carbocycles. The van der Waals surface area contributed by atoms with Gasteiger partial charge in [0.1, 0.15) is 4.90 Å². The van der Waals surface area contributed by atoms with Crippen LogP contribution in [0.3, 0.4) is 0 Å². The van der Waals surface area contributed by atoms with E-state index in [1.54, 1.807) is 7.05 Å². The number of nitrogens with zero attached hydrogens (tertiary/aromatic N) is 2. The summed E-state index contributed by atoms with van der Waals surface area (Å²) in [6.07, 6.45) is 1.25. The number of hydrogen-bond acceptors (Lipinski definition) is 3. The monoisotopic (exact) mass is 176 g/mol. The van der Waals surface area contributed by atoms with Crippen molar-refractivity contribution in [3.05, 3.63) is 11.9 Å². The van der Waals surface area contributed by atoms with Gasteiger partial charge in [0.15, 0.2) is 0 Å². The van der Waals surface area contributed by atoms with Crippen molar-refractivity contribution >= 4 is 10.1 Å². The number of rotatable bonds is 1. The number of hydrogen-bond donors (Lipinski definition) is 1. The number of aromatic nitrogens is 2. The van der Waals surface area contributed by atoms with Crippen LogP contribution in [0.25, 0.3) is 0 Å². The summed E-state index contributed by atoms with van der Waals surface area (Å²) in [5.41, 5.74) is 0.301. The maximum absolute atomic E-state index is 10.6. The van der Waals surface area contributed by atoms with Crippen LogP contribution >= 0.6 is 0 Å². The van der Waals surface area contributed by atoms with Crippen molar-refractivity contribution in [3.8, 4) is 0 Å². The van der Waals surface area contributed by atoms with Crippen molar-refractivity contribution in [2.24, 2.45) is 7.05 Å². The standard InChI is InChI=1S/C5H8N2O3S/c1-4-5(11(8,9)10)3-7(2)6-4/h3H,1-2H3,(H,8,9,10). The van der Waals surface area contributed by atoms with Crippen LogP contribution in [-0.2, 0) is 17.2 Å². The van der Waals surface area contributed by atoms with Crippen molar-refractivity contribution in [2.45, 2.75) is 11.8 Å². The first-order valence-corrected chi connectivity index (χ1v) is 4.33. The molecule has 0 aliphatic rings. The Morgan fingerprint density at radius 1 is 1.64 bits per heavy atom. The summed E-state index contributed by atoms with van der Waals surface area (Å²) in [6, 6.07) is 0. The SMILES string of the molecule is Cc1nn(C)cc1S(=O)(=O)O. The van der Waals surface area contributed by atoms with Gasteiger partial charge in [0.05, 0.1) is 5.69 Å². The van der Waals surface area contributed by atoms with Crippen LogP contribution in [0.5, 0.6) is 0 Å². The molecule has 62 valence electrons. The van der Waals surface area contributed by atoms with Crippen molar-refractivity contribution in [2.75, 3.05) is 0 Å². The van der Waals surface area contributed by atoms with Crippen LogP contribution in [0.2, 0.25) is 0 Å². The van der Waals surface area contributed by atoms with E-state index in [1.165, 1.54) is 17.8 Å². The van der Waals surface area contributed by atoms with Crippen LogP contribution < -0.4 is 0 Å². The van der Waals surface area contributed by atoms with Gasteiger partial charge in [-0.2, -0.15) is 13.5 Å². The predicted octanol–water partition coefficient (Wildman–Crippen LogP) is -0.0248. The first-order valence-electron chi connectivity index (χ1n) is 2.89. The Bertz CT molecular complexity index is 365. The van der Waals surface area contributed by atoms with Gasteiger partial charge in [-0.1, -0.05) is 0 Å². The molecular weight excluding hydrogens is 168 g/mol. The third-order valence-corrected chi connectivity index (χ3v) is 2.20. The summed E-state index contributed by atoms with van der Waals surface area (Å²) >= 11 is 0. The third kappa shape index (κ3) is 1.58. The van der Waals surface area contributed by atoms with Gasteiger partial charge in [0.2, 0.25) is 0 Å². The molecule has 1 N–H and O–H groups in total. The summed E-state index contributed by atoms with van der Waals surface area (Å²) in [5.74, 6) is 0. The minimum atomic E-state index is -4.10. The van der Waals surface area contributed by atoms with E-state index in [2.05, 4.69) is 5.10 Å². The van der Waals surface area contributed by atoms with Crippen LogP contribution in [0.15, 0.2) is 11.1 Å². The Hall–Kier alpha value is -0.880. The third-order valence-electron chi connectivity index (χ3n) is 1.25. The van der Waals surface area contributed by atoms with Crippen molar-refractivity contribution in [1.82, 2.24) is 9.78 Å². The Kier molecular flexibility index (Phi) is 1.73. The molecule has 1 aromatic rings. The topological polar surface area (TPSA) is 72.2 Å². The van der Waals surface area contributed by atoms with Gasteiger partial charge in [-0.05, 0) is 6.92 Å². The molecule has 0 fully saturated rings. The average molecular weight is 176 g/mol. The lowest BCUT2D eigenvalue weighted by molar-refractivity contribution is 0.482. The molecule has 0 aromatic carbocycles. The molecule has 0 radical (unpaired) electrons.